The van der Waals surface area contributed by atoms with E-state index in [-0.39, 0.29) is 11.7 Å². The summed E-state index contributed by atoms with van der Waals surface area (Å²) in [6.07, 6.45) is 7.02. The van der Waals surface area contributed by atoms with Crippen molar-refractivity contribution in [2.45, 2.75) is 25.8 Å². The van der Waals surface area contributed by atoms with Crippen LogP contribution < -0.4 is 10.2 Å². The zero-order valence-electron chi connectivity index (χ0n) is 16.1. The lowest BCUT2D eigenvalue weighted by atomic mass is 10.1. The molecule has 0 unspecified atom stereocenters. The zero-order valence-corrected chi connectivity index (χ0v) is 16.1. The number of anilines is 1. The summed E-state index contributed by atoms with van der Waals surface area (Å²) >= 11 is 0. The molecule has 148 valence electrons. The molecule has 1 aliphatic heterocycles. The van der Waals surface area contributed by atoms with Crippen LogP contribution in [0.15, 0.2) is 60.9 Å². The first-order valence-electron chi connectivity index (χ1n) is 9.90. The van der Waals surface area contributed by atoms with Gasteiger partial charge in [0.1, 0.15) is 11.5 Å². The summed E-state index contributed by atoms with van der Waals surface area (Å²) in [4.78, 5) is 23.8. The molecule has 0 saturated carbocycles. The molecule has 0 aliphatic carbocycles. The lowest BCUT2D eigenvalue weighted by Gasteiger charge is -2.28. The van der Waals surface area contributed by atoms with E-state index in [0.717, 1.165) is 35.7 Å². The predicted molar refractivity (Wildman–Crippen MR) is 111 cm³/mol. The molecule has 1 fully saturated rings. The predicted octanol–water partition coefficient (Wildman–Crippen LogP) is 4.20. The summed E-state index contributed by atoms with van der Waals surface area (Å²) in [5.41, 5.74) is 3.20. The molecule has 5 nitrogen and oxygen atoms in total. The molecule has 0 radical (unpaired) electrons. The van der Waals surface area contributed by atoms with Crippen LogP contribution in [0.2, 0.25) is 0 Å². The third-order valence-corrected chi connectivity index (χ3v) is 5.12. The lowest BCUT2D eigenvalue weighted by Crippen LogP contribution is -2.30. The Morgan fingerprint density at radius 1 is 0.931 bits per heavy atom. The Labute approximate surface area is 169 Å². The summed E-state index contributed by atoms with van der Waals surface area (Å²) in [5.74, 6) is 0.445. The fourth-order valence-corrected chi connectivity index (χ4v) is 3.54. The highest BCUT2D eigenvalue weighted by Crippen LogP contribution is 2.28. The molecule has 1 saturated heterocycles. The highest BCUT2D eigenvalue weighted by Gasteiger charge is 2.18. The maximum absolute atomic E-state index is 13.0. The van der Waals surface area contributed by atoms with Crippen molar-refractivity contribution in [3.8, 4) is 11.3 Å². The Morgan fingerprint density at radius 3 is 2.34 bits per heavy atom. The standard InChI is InChI=1S/C23H23FN4O/c24-20-10-4-17(5-11-20)16-27-23(29)19-8-6-18(7-9-19)21-22(26-13-12-25-21)28-14-2-1-3-15-28/h4-13H,1-3,14-16H2,(H,27,29). The van der Waals surface area contributed by atoms with Gasteiger partial charge in [0.2, 0.25) is 0 Å². The van der Waals surface area contributed by atoms with Crippen LogP contribution in [0.4, 0.5) is 10.2 Å². The highest BCUT2D eigenvalue weighted by atomic mass is 19.1. The second-order valence-electron chi connectivity index (χ2n) is 7.16. The first-order valence-corrected chi connectivity index (χ1v) is 9.90. The molecule has 1 amide bonds. The smallest absolute Gasteiger partial charge is 0.251 e. The second kappa shape index (κ2) is 8.82. The molecule has 2 aromatic carbocycles. The van der Waals surface area contributed by atoms with Crippen LogP contribution >= 0.6 is 0 Å². The number of nitrogens with zero attached hydrogens (tertiary/aromatic N) is 3. The van der Waals surface area contributed by atoms with E-state index >= 15 is 0 Å². The van der Waals surface area contributed by atoms with E-state index in [1.165, 1.54) is 31.4 Å². The van der Waals surface area contributed by atoms with Gasteiger partial charge >= 0.3 is 0 Å². The largest absolute Gasteiger partial charge is 0.355 e. The van der Waals surface area contributed by atoms with Crippen LogP contribution in [0.5, 0.6) is 0 Å². The summed E-state index contributed by atoms with van der Waals surface area (Å²) in [7, 11) is 0. The Bertz CT molecular complexity index is 967. The average molecular weight is 390 g/mol. The number of hydrogen-bond acceptors (Lipinski definition) is 4. The monoisotopic (exact) mass is 390 g/mol. The summed E-state index contributed by atoms with van der Waals surface area (Å²) in [5, 5.41) is 2.86. The Hall–Kier alpha value is -3.28. The van der Waals surface area contributed by atoms with Crippen LogP contribution in [0, 0.1) is 5.82 Å². The fourth-order valence-electron chi connectivity index (χ4n) is 3.54. The maximum Gasteiger partial charge on any atom is 0.251 e. The van der Waals surface area contributed by atoms with Crippen molar-refractivity contribution in [1.29, 1.82) is 0 Å². The number of carbonyl (C=O) groups is 1. The van der Waals surface area contributed by atoms with Crippen LogP contribution in [-0.4, -0.2) is 29.0 Å². The summed E-state index contributed by atoms with van der Waals surface area (Å²) in [6.45, 7) is 2.34. The molecule has 4 rings (SSSR count). The van der Waals surface area contributed by atoms with Gasteiger partial charge in [-0.25, -0.2) is 9.37 Å². The second-order valence-corrected chi connectivity index (χ2v) is 7.16. The first kappa shape index (κ1) is 19.1. The third kappa shape index (κ3) is 4.59. The van der Waals surface area contributed by atoms with Crippen molar-refractivity contribution < 1.29 is 9.18 Å². The molecule has 0 spiro atoms. The number of carbonyl (C=O) groups excluding carboxylic acids is 1. The molecule has 1 aliphatic rings. The molecule has 29 heavy (non-hydrogen) atoms. The van der Waals surface area contributed by atoms with Crippen molar-refractivity contribution in [2.24, 2.45) is 0 Å². The molecule has 3 aromatic rings. The van der Waals surface area contributed by atoms with Gasteiger partial charge in [-0.2, -0.15) is 0 Å². The number of aromatic nitrogens is 2. The van der Waals surface area contributed by atoms with Crippen molar-refractivity contribution in [3.05, 3.63) is 77.9 Å². The van der Waals surface area contributed by atoms with E-state index in [1.807, 2.05) is 12.1 Å². The van der Waals surface area contributed by atoms with Gasteiger partial charge in [0.15, 0.2) is 5.82 Å². The molecule has 0 bridgehead atoms. The van der Waals surface area contributed by atoms with Crippen molar-refractivity contribution >= 4 is 11.7 Å². The van der Waals surface area contributed by atoms with Gasteiger partial charge in [0.25, 0.3) is 5.91 Å². The first-order chi connectivity index (χ1) is 14.2. The average Bonchev–Trinajstić information content (AvgIpc) is 2.79. The number of nitrogens with one attached hydrogen (secondary N) is 1. The summed E-state index contributed by atoms with van der Waals surface area (Å²) < 4.78 is 13.0. The van der Waals surface area contributed by atoms with Crippen molar-refractivity contribution in [1.82, 2.24) is 15.3 Å². The van der Waals surface area contributed by atoms with Gasteiger partial charge in [-0.15, -0.1) is 0 Å². The molecular weight excluding hydrogens is 367 g/mol. The van der Waals surface area contributed by atoms with Crippen LogP contribution in [0.25, 0.3) is 11.3 Å². The topological polar surface area (TPSA) is 58.1 Å². The SMILES string of the molecule is O=C(NCc1ccc(F)cc1)c1ccc(-c2nccnc2N2CCCCC2)cc1. The van der Waals surface area contributed by atoms with Gasteiger partial charge in [0, 0.05) is 43.2 Å². The minimum absolute atomic E-state index is 0.170. The van der Waals surface area contributed by atoms with E-state index in [4.69, 9.17) is 0 Å². The van der Waals surface area contributed by atoms with Gasteiger partial charge < -0.3 is 10.2 Å². The van der Waals surface area contributed by atoms with Crippen molar-refractivity contribution in [2.75, 3.05) is 18.0 Å². The number of rotatable bonds is 5. The highest BCUT2D eigenvalue weighted by molar-refractivity contribution is 5.94. The van der Waals surface area contributed by atoms with Crippen LogP contribution in [0.1, 0.15) is 35.2 Å². The molecular formula is C23H23FN4O. The number of piperidine rings is 1. The Kier molecular flexibility index (Phi) is 5.79. The maximum atomic E-state index is 13.0. The molecule has 2 heterocycles. The third-order valence-electron chi connectivity index (χ3n) is 5.12. The van der Waals surface area contributed by atoms with E-state index in [2.05, 4.69) is 20.2 Å². The number of amides is 1. The molecule has 0 atom stereocenters. The summed E-state index contributed by atoms with van der Waals surface area (Å²) in [6, 6.07) is 13.5. The molecule has 1 N–H and O–H groups in total. The quantitative estimate of drug-likeness (QED) is 0.709. The van der Waals surface area contributed by atoms with E-state index in [1.54, 1.807) is 36.7 Å². The van der Waals surface area contributed by atoms with E-state index in [0.29, 0.717) is 12.1 Å². The normalized spacial score (nSPS) is 13.9. The van der Waals surface area contributed by atoms with Crippen molar-refractivity contribution in [3.63, 3.8) is 0 Å². The Morgan fingerprint density at radius 2 is 1.62 bits per heavy atom. The number of halogens is 1. The van der Waals surface area contributed by atoms with E-state index in [9.17, 15) is 9.18 Å². The lowest BCUT2D eigenvalue weighted by molar-refractivity contribution is 0.0951. The minimum atomic E-state index is -0.288. The van der Waals surface area contributed by atoms with Gasteiger partial charge in [-0.1, -0.05) is 24.3 Å². The number of benzene rings is 2. The van der Waals surface area contributed by atoms with Gasteiger partial charge in [0.05, 0.1) is 0 Å². The molecule has 1 aromatic heterocycles. The minimum Gasteiger partial charge on any atom is -0.355 e. The molecule has 6 heteroatoms. The van der Waals surface area contributed by atoms with Crippen LogP contribution in [0.3, 0.4) is 0 Å². The van der Waals surface area contributed by atoms with Gasteiger partial charge in [-0.3, -0.25) is 9.78 Å². The Balaban J connectivity index is 1.46. The zero-order chi connectivity index (χ0) is 20.1. The fraction of sp³-hybridized carbons (Fsp3) is 0.261. The van der Waals surface area contributed by atoms with E-state index < -0.39 is 0 Å². The van der Waals surface area contributed by atoms with Gasteiger partial charge in [-0.05, 0) is 49.1 Å². The van der Waals surface area contributed by atoms with Crippen LogP contribution in [-0.2, 0) is 6.54 Å². The number of hydrogen-bond donors (Lipinski definition) is 1.